The average molecular weight is 379 g/mol. The minimum atomic E-state index is -0.293. The Morgan fingerprint density at radius 1 is 1.00 bits per heavy atom. The van der Waals surface area contributed by atoms with Gasteiger partial charge in [-0.1, -0.05) is 44.2 Å². The van der Waals surface area contributed by atoms with Crippen LogP contribution in [0.4, 0.5) is 10.5 Å². The normalized spacial score (nSPS) is 14.0. The highest BCUT2D eigenvalue weighted by Gasteiger charge is 2.34. The van der Waals surface area contributed by atoms with Crippen molar-refractivity contribution in [1.82, 2.24) is 10.2 Å². The monoisotopic (exact) mass is 379 g/mol. The molecule has 0 fully saturated rings. The lowest BCUT2D eigenvalue weighted by molar-refractivity contribution is 0.0653. The number of benzene rings is 2. The number of urea groups is 1. The van der Waals surface area contributed by atoms with Gasteiger partial charge in [0.25, 0.3) is 11.8 Å². The number of hydrogen-bond acceptors (Lipinski definition) is 3. The molecular formula is C22H25N3O3. The highest BCUT2D eigenvalue weighted by molar-refractivity contribution is 6.21. The van der Waals surface area contributed by atoms with E-state index < -0.39 is 0 Å². The molecular weight excluding hydrogens is 354 g/mol. The Labute approximate surface area is 164 Å². The second-order valence-electron chi connectivity index (χ2n) is 6.94. The molecule has 1 aliphatic rings. The summed E-state index contributed by atoms with van der Waals surface area (Å²) in [6.45, 7) is 4.88. The minimum absolute atomic E-state index is 0.271. The second kappa shape index (κ2) is 8.69. The predicted octanol–water partition coefficient (Wildman–Crippen LogP) is 4.01. The van der Waals surface area contributed by atoms with Crippen LogP contribution in [0.2, 0.25) is 0 Å². The summed E-state index contributed by atoms with van der Waals surface area (Å²) in [4.78, 5) is 38.1. The van der Waals surface area contributed by atoms with Gasteiger partial charge >= 0.3 is 6.03 Å². The fraction of sp³-hybridized carbons (Fsp3) is 0.318. The van der Waals surface area contributed by atoms with Crippen molar-refractivity contribution in [2.45, 2.75) is 32.6 Å². The van der Waals surface area contributed by atoms with Crippen LogP contribution in [-0.2, 0) is 0 Å². The van der Waals surface area contributed by atoms with Gasteiger partial charge in [-0.3, -0.25) is 14.5 Å². The zero-order chi connectivity index (χ0) is 20.1. The Bertz CT molecular complexity index is 859. The molecule has 1 unspecified atom stereocenters. The van der Waals surface area contributed by atoms with Gasteiger partial charge < -0.3 is 10.6 Å². The first kappa shape index (κ1) is 19.6. The van der Waals surface area contributed by atoms with E-state index in [-0.39, 0.29) is 24.4 Å². The number of imide groups is 1. The summed E-state index contributed by atoms with van der Waals surface area (Å²) < 4.78 is 0. The van der Waals surface area contributed by atoms with Crippen molar-refractivity contribution in [1.29, 1.82) is 0 Å². The zero-order valence-corrected chi connectivity index (χ0v) is 16.2. The van der Waals surface area contributed by atoms with Crippen LogP contribution in [0.25, 0.3) is 0 Å². The first-order chi connectivity index (χ1) is 13.5. The van der Waals surface area contributed by atoms with E-state index in [0.717, 1.165) is 17.7 Å². The number of amides is 4. The Balaban J connectivity index is 1.48. The third-order valence-electron chi connectivity index (χ3n) is 5.07. The Morgan fingerprint density at radius 3 is 2.25 bits per heavy atom. The maximum atomic E-state index is 12.3. The van der Waals surface area contributed by atoms with Gasteiger partial charge in [0, 0.05) is 18.8 Å². The lowest BCUT2D eigenvalue weighted by atomic mass is 9.97. The van der Waals surface area contributed by atoms with E-state index in [9.17, 15) is 14.4 Å². The first-order valence-corrected chi connectivity index (χ1v) is 9.62. The lowest BCUT2D eigenvalue weighted by Gasteiger charge is -2.16. The van der Waals surface area contributed by atoms with Gasteiger partial charge in [0.1, 0.15) is 0 Å². The molecule has 0 aliphatic carbocycles. The molecule has 2 aromatic carbocycles. The van der Waals surface area contributed by atoms with E-state index >= 15 is 0 Å². The highest BCUT2D eigenvalue weighted by Crippen LogP contribution is 2.26. The summed E-state index contributed by atoms with van der Waals surface area (Å²) in [7, 11) is 0. The van der Waals surface area contributed by atoms with E-state index in [1.165, 1.54) is 4.90 Å². The summed E-state index contributed by atoms with van der Waals surface area (Å²) in [5.74, 6) is -0.189. The lowest BCUT2D eigenvalue weighted by Crippen LogP contribution is -2.35. The summed E-state index contributed by atoms with van der Waals surface area (Å²) in [5, 5.41) is 5.68. The van der Waals surface area contributed by atoms with E-state index in [2.05, 4.69) is 24.5 Å². The standard InChI is InChI=1S/C22H25N3O3/c1-3-15(2)16-9-6-7-12-19(16)24-22(28)23-13-8-14-25-20(26)17-10-4-5-11-18(17)21(25)27/h4-7,9-12,15H,3,8,13-14H2,1-2H3,(H2,23,24,28). The summed E-state index contributed by atoms with van der Waals surface area (Å²) in [5.41, 5.74) is 2.79. The van der Waals surface area contributed by atoms with Gasteiger partial charge in [-0.15, -0.1) is 0 Å². The SMILES string of the molecule is CCC(C)c1ccccc1NC(=O)NCCCN1C(=O)c2ccccc2C1=O. The molecule has 146 valence electrons. The van der Waals surface area contributed by atoms with Crippen LogP contribution >= 0.6 is 0 Å². The fourth-order valence-corrected chi connectivity index (χ4v) is 3.31. The van der Waals surface area contributed by atoms with Gasteiger partial charge in [-0.05, 0) is 42.5 Å². The molecule has 0 radical (unpaired) electrons. The number of fused-ring (bicyclic) bond motifs is 1. The molecule has 6 heteroatoms. The fourth-order valence-electron chi connectivity index (χ4n) is 3.31. The average Bonchev–Trinajstić information content (AvgIpc) is 2.96. The summed E-state index contributed by atoms with van der Waals surface area (Å²) >= 11 is 0. The molecule has 1 aliphatic heterocycles. The van der Waals surface area contributed by atoms with Gasteiger partial charge in [-0.25, -0.2) is 4.79 Å². The van der Waals surface area contributed by atoms with Crippen molar-refractivity contribution >= 4 is 23.5 Å². The van der Waals surface area contributed by atoms with E-state index in [1.807, 2.05) is 24.3 Å². The Morgan fingerprint density at radius 2 is 1.61 bits per heavy atom. The molecule has 0 bridgehead atoms. The molecule has 1 atom stereocenters. The third-order valence-corrected chi connectivity index (χ3v) is 5.07. The van der Waals surface area contributed by atoms with Crippen molar-refractivity contribution in [3.8, 4) is 0 Å². The minimum Gasteiger partial charge on any atom is -0.338 e. The zero-order valence-electron chi connectivity index (χ0n) is 16.2. The quantitative estimate of drug-likeness (QED) is 0.564. The molecule has 0 spiro atoms. The van der Waals surface area contributed by atoms with Crippen LogP contribution in [-0.4, -0.2) is 35.8 Å². The largest absolute Gasteiger partial charge is 0.338 e. The van der Waals surface area contributed by atoms with Gasteiger partial charge in [0.15, 0.2) is 0 Å². The molecule has 28 heavy (non-hydrogen) atoms. The first-order valence-electron chi connectivity index (χ1n) is 9.62. The van der Waals surface area contributed by atoms with Crippen LogP contribution < -0.4 is 10.6 Å². The van der Waals surface area contributed by atoms with Crippen molar-refractivity contribution in [3.63, 3.8) is 0 Å². The highest BCUT2D eigenvalue weighted by atomic mass is 16.2. The van der Waals surface area contributed by atoms with Crippen LogP contribution in [0.3, 0.4) is 0 Å². The van der Waals surface area contributed by atoms with E-state index in [4.69, 9.17) is 0 Å². The van der Waals surface area contributed by atoms with Gasteiger partial charge in [-0.2, -0.15) is 0 Å². The third kappa shape index (κ3) is 4.06. The number of para-hydroxylation sites is 1. The Hall–Kier alpha value is -3.15. The number of anilines is 1. The van der Waals surface area contributed by atoms with Crippen LogP contribution in [0.1, 0.15) is 58.9 Å². The van der Waals surface area contributed by atoms with Crippen molar-refractivity contribution < 1.29 is 14.4 Å². The maximum absolute atomic E-state index is 12.3. The van der Waals surface area contributed by atoms with Crippen molar-refractivity contribution in [2.75, 3.05) is 18.4 Å². The number of carbonyl (C=O) groups is 3. The molecule has 2 aromatic rings. The molecule has 6 nitrogen and oxygen atoms in total. The summed E-state index contributed by atoms with van der Waals surface area (Å²) in [6, 6.07) is 14.3. The molecule has 3 rings (SSSR count). The number of hydrogen-bond donors (Lipinski definition) is 2. The van der Waals surface area contributed by atoms with Crippen LogP contribution in [0, 0.1) is 0 Å². The number of rotatable bonds is 7. The smallest absolute Gasteiger partial charge is 0.319 e. The van der Waals surface area contributed by atoms with E-state index in [0.29, 0.717) is 30.0 Å². The maximum Gasteiger partial charge on any atom is 0.319 e. The van der Waals surface area contributed by atoms with Crippen molar-refractivity contribution in [2.24, 2.45) is 0 Å². The predicted molar refractivity (Wildman–Crippen MR) is 109 cm³/mol. The van der Waals surface area contributed by atoms with Gasteiger partial charge in [0.2, 0.25) is 0 Å². The number of nitrogens with zero attached hydrogens (tertiary/aromatic N) is 1. The number of carbonyl (C=O) groups excluding carboxylic acids is 3. The summed E-state index contributed by atoms with van der Waals surface area (Å²) in [6.07, 6.45) is 1.48. The van der Waals surface area contributed by atoms with Crippen molar-refractivity contribution in [3.05, 3.63) is 65.2 Å². The second-order valence-corrected chi connectivity index (χ2v) is 6.94. The van der Waals surface area contributed by atoms with E-state index in [1.54, 1.807) is 24.3 Å². The number of nitrogens with one attached hydrogen (secondary N) is 2. The van der Waals surface area contributed by atoms with Crippen LogP contribution in [0.15, 0.2) is 48.5 Å². The molecule has 4 amide bonds. The van der Waals surface area contributed by atoms with Gasteiger partial charge in [0.05, 0.1) is 11.1 Å². The topological polar surface area (TPSA) is 78.5 Å². The molecule has 1 heterocycles. The molecule has 0 saturated heterocycles. The molecule has 0 aromatic heterocycles. The van der Waals surface area contributed by atoms with Crippen LogP contribution in [0.5, 0.6) is 0 Å². The Kier molecular flexibility index (Phi) is 6.09. The molecule has 0 saturated carbocycles. The molecule has 2 N–H and O–H groups in total.